The summed E-state index contributed by atoms with van der Waals surface area (Å²) in [5.41, 5.74) is 0.0532. The van der Waals surface area contributed by atoms with E-state index in [1.54, 1.807) is 0 Å². The lowest BCUT2D eigenvalue weighted by atomic mass is 10.2. The van der Waals surface area contributed by atoms with Gasteiger partial charge in [0.2, 0.25) is 15.9 Å². The first-order valence-electron chi connectivity index (χ1n) is 9.04. The summed E-state index contributed by atoms with van der Waals surface area (Å²) in [7, 11) is -3.97. The summed E-state index contributed by atoms with van der Waals surface area (Å²) in [6.07, 6.45) is 0.818. The fourth-order valence-electron chi connectivity index (χ4n) is 3.41. The number of carbonyl (C=O) groups is 1. The summed E-state index contributed by atoms with van der Waals surface area (Å²) in [6, 6.07) is 6.31. The van der Waals surface area contributed by atoms with Crippen LogP contribution >= 0.6 is 0 Å². The smallest absolute Gasteiger partial charge is 0.243 e. The highest BCUT2D eigenvalue weighted by molar-refractivity contribution is 7.89. The summed E-state index contributed by atoms with van der Waals surface area (Å²) >= 11 is 0. The number of benzene rings is 2. The lowest BCUT2D eigenvalue weighted by Gasteiger charge is -2.24. The number of sulfonamides is 1. The Labute approximate surface area is 166 Å². The zero-order valence-electron chi connectivity index (χ0n) is 15.2. The van der Waals surface area contributed by atoms with Crippen molar-refractivity contribution in [2.24, 2.45) is 0 Å². The molecule has 2 aromatic carbocycles. The lowest BCUT2D eigenvalue weighted by Crippen LogP contribution is -2.43. The van der Waals surface area contributed by atoms with E-state index < -0.39 is 33.6 Å². The summed E-state index contributed by atoms with van der Waals surface area (Å²) < 4.78 is 64.7. The minimum atomic E-state index is -3.97. The molecule has 7 nitrogen and oxygen atoms in total. The Morgan fingerprint density at radius 1 is 1.03 bits per heavy atom. The third-order valence-electron chi connectivity index (χ3n) is 4.81. The van der Waals surface area contributed by atoms with Gasteiger partial charge < -0.3 is 14.8 Å². The number of halogens is 2. The van der Waals surface area contributed by atoms with Gasteiger partial charge in [-0.05, 0) is 37.1 Å². The second-order valence-electron chi connectivity index (χ2n) is 6.70. The number of anilines is 1. The van der Waals surface area contributed by atoms with Crippen LogP contribution in [0.15, 0.2) is 41.3 Å². The van der Waals surface area contributed by atoms with Crippen molar-refractivity contribution in [1.82, 2.24) is 4.31 Å². The second kappa shape index (κ2) is 7.60. The van der Waals surface area contributed by atoms with Gasteiger partial charge in [0.1, 0.15) is 19.3 Å². The standard InChI is InChI=1S/C19H18F2N2O5S/c20-14-5-3-12(10-15(14)21)22-19(24)16-2-1-7-23(16)29(25,26)13-4-6-17-18(11-13)28-9-8-27-17/h3-6,10-11,16H,1-2,7-9H2,(H,22,24)/t16-/m1/s1. The fraction of sp³-hybridized carbons (Fsp3) is 0.316. The van der Waals surface area contributed by atoms with E-state index >= 15 is 0 Å². The molecule has 1 atom stereocenters. The topological polar surface area (TPSA) is 84.9 Å². The van der Waals surface area contributed by atoms with Crippen molar-refractivity contribution in [2.75, 3.05) is 25.1 Å². The Morgan fingerprint density at radius 3 is 2.55 bits per heavy atom. The molecule has 1 amide bonds. The van der Waals surface area contributed by atoms with Crippen molar-refractivity contribution in [3.05, 3.63) is 48.0 Å². The molecule has 1 saturated heterocycles. The molecule has 0 spiro atoms. The molecule has 0 bridgehead atoms. The first-order valence-corrected chi connectivity index (χ1v) is 10.5. The van der Waals surface area contributed by atoms with Crippen LogP contribution in [0.25, 0.3) is 0 Å². The number of hydrogen-bond donors (Lipinski definition) is 1. The maximum Gasteiger partial charge on any atom is 0.243 e. The molecule has 29 heavy (non-hydrogen) atoms. The van der Waals surface area contributed by atoms with Gasteiger partial charge in [0.05, 0.1) is 4.90 Å². The summed E-state index contributed by atoms with van der Waals surface area (Å²) in [5, 5.41) is 2.46. The van der Waals surface area contributed by atoms with Gasteiger partial charge in [0.25, 0.3) is 0 Å². The van der Waals surface area contributed by atoms with Crippen LogP contribution in [0.2, 0.25) is 0 Å². The van der Waals surface area contributed by atoms with E-state index in [1.165, 1.54) is 24.3 Å². The van der Waals surface area contributed by atoms with Crippen LogP contribution < -0.4 is 14.8 Å². The third kappa shape index (κ3) is 3.77. The summed E-state index contributed by atoms with van der Waals surface area (Å²) in [6.45, 7) is 0.879. The van der Waals surface area contributed by atoms with Crippen LogP contribution in [0.4, 0.5) is 14.5 Å². The van der Waals surface area contributed by atoms with Crippen LogP contribution in [0.5, 0.6) is 11.5 Å². The number of nitrogens with one attached hydrogen (secondary N) is 1. The van der Waals surface area contributed by atoms with Gasteiger partial charge in [-0.1, -0.05) is 0 Å². The number of hydrogen-bond acceptors (Lipinski definition) is 5. The highest BCUT2D eigenvalue weighted by Gasteiger charge is 2.40. The fourth-order valence-corrected chi connectivity index (χ4v) is 5.08. The monoisotopic (exact) mass is 424 g/mol. The SMILES string of the molecule is O=C(Nc1ccc(F)c(F)c1)[C@H]1CCCN1S(=O)(=O)c1ccc2c(c1)OCCO2. The predicted octanol–water partition coefficient (Wildman–Crippen LogP) is 2.53. The van der Waals surface area contributed by atoms with E-state index in [4.69, 9.17) is 9.47 Å². The zero-order valence-corrected chi connectivity index (χ0v) is 16.0. The first-order chi connectivity index (χ1) is 13.9. The van der Waals surface area contributed by atoms with Crippen molar-refractivity contribution in [3.8, 4) is 11.5 Å². The number of fused-ring (bicyclic) bond motifs is 1. The molecule has 2 heterocycles. The Hall–Kier alpha value is -2.72. The highest BCUT2D eigenvalue weighted by Crippen LogP contribution is 2.35. The number of amides is 1. The molecule has 2 aliphatic rings. The van der Waals surface area contributed by atoms with E-state index in [-0.39, 0.29) is 17.1 Å². The van der Waals surface area contributed by atoms with Crippen LogP contribution in [0.1, 0.15) is 12.8 Å². The van der Waals surface area contributed by atoms with Gasteiger partial charge in [0.15, 0.2) is 23.1 Å². The van der Waals surface area contributed by atoms with Crippen molar-refractivity contribution in [2.45, 2.75) is 23.8 Å². The number of carbonyl (C=O) groups excluding carboxylic acids is 1. The Bertz CT molecular complexity index is 1060. The van der Waals surface area contributed by atoms with E-state index in [1.807, 2.05) is 0 Å². The first kappa shape index (κ1) is 19.6. The third-order valence-corrected chi connectivity index (χ3v) is 6.72. The molecule has 0 aromatic heterocycles. The minimum Gasteiger partial charge on any atom is -0.486 e. The minimum absolute atomic E-state index is 0.00530. The van der Waals surface area contributed by atoms with Gasteiger partial charge in [-0.2, -0.15) is 4.31 Å². The van der Waals surface area contributed by atoms with Gasteiger partial charge in [-0.3, -0.25) is 4.79 Å². The Balaban J connectivity index is 1.56. The van der Waals surface area contributed by atoms with Crippen molar-refractivity contribution >= 4 is 21.6 Å². The number of nitrogens with zero attached hydrogens (tertiary/aromatic N) is 1. The predicted molar refractivity (Wildman–Crippen MR) is 99.3 cm³/mol. The van der Waals surface area contributed by atoms with Crippen LogP contribution in [-0.2, 0) is 14.8 Å². The van der Waals surface area contributed by atoms with Gasteiger partial charge in [-0.25, -0.2) is 17.2 Å². The molecular formula is C19H18F2N2O5S. The molecule has 0 radical (unpaired) electrons. The molecule has 0 aliphatic carbocycles. The van der Waals surface area contributed by atoms with E-state index in [2.05, 4.69) is 5.32 Å². The molecule has 2 aromatic rings. The maximum absolute atomic E-state index is 13.4. The largest absolute Gasteiger partial charge is 0.486 e. The van der Waals surface area contributed by atoms with Crippen molar-refractivity contribution < 1.29 is 31.5 Å². The molecule has 2 aliphatic heterocycles. The van der Waals surface area contributed by atoms with Crippen LogP contribution in [0.3, 0.4) is 0 Å². The molecule has 10 heteroatoms. The van der Waals surface area contributed by atoms with Crippen molar-refractivity contribution in [1.29, 1.82) is 0 Å². The van der Waals surface area contributed by atoms with Gasteiger partial charge in [0, 0.05) is 24.4 Å². The Kier molecular flexibility index (Phi) is 5.13. The Morgan fingerprint density at radius 2 is 1.79 bits per heavy atom. The molecule has 0 saturated carbocycles. The molecule has 0 unspecified atom stereocenters. The average Bonchev–Trinajstić information content (AvgIpc) is 3.21. The molecule has 154 valence electrons. The van der Waals surface area contributed by atoms with E-state index in [0.717, 1.165) is 16.4 Å². The highest BCUT2D eigenvalue weighted by atomic mass is 32.2. The van der Waals surface area contributed by atoms with Crippen molar-refractivity contribution in [3.63, 3.8) is 0 Å². The van der Waals surface area contributed by atoms with E-state index in [0.29, 0.717) is 37.6 Å². The number of rotatable bonds is 4. The zero-order chi connectivity index (χ0) is 20.6. The van der Waals surface area contributed by atoms with E-state index in [9.17, 15) is 22.0 Å². The second-order valence-corrected chi connectivity index (χ2v) is 8.59. The average molecular weight is 424 g/mol. The summed E-state index contributed by atoms with van der Waals surface area (Å²) in [5.74, 6) is -1.94. The molecule has 1 fully saturated rings. The van der Waals surface area contributed by atoms with Gasteiger partial charge >= 0.3 is 0 Å². The molecule has 1 N–H and O–H groups in total. The number of ether oxygens (including phenoxy) is 2. The maximum atomic E-state index is 13.4. The van der Waals surface area contributed by atoms with Crippen LogP contribution in [0, 0.1) is 11.6 Å². The quantitative estimate of drug-likeness (QED) is 0.815. The normalized spacial score (nSPS) is 19.2. The summed E-state index contributed by atoms with van der Waals surface area (Å²) in [4.78, 5) is 12.6. The molecule has 4 rings (SSSR count). The molecular weight excluding hydrogens is 406 g/mol. The van der Waals surface area contributed by atoms with Gasteiger partial charge in [-0.15, -0.1) is 0 Å². The lowest BCUT2D eigenvalue weighted by molar-refractivity contribution is -0.119. The van der Waals surface area contributed by atoms with Crippen LogP contribution in [-0.4, -0.2) is 44.4 Å².